The van der Waals surface area contributed by atoms with E-state index in [1.807, 2.05) is 132 Å². The van der Waals surface area contributed by atoms with E-state index < -0.39 is 33.9 Å². The number of amides is 6. The first-order valence-corrected chi connectivity index (χ1v) is 48.0. The van der Waals surface area contributed by atoms with Crippen molar-refractivity contribution in [1.82, 2.24) is 101 Å². The molecule has 13 N–H and O–H groups in total. The molecule has 3 aliphatic carbocycles. The zero-order chi connectivity index (χ0) is 100. The first-order valence-electron chi connectivity index (χ1n) is 44.6. The van der Waals surface area contributed by atoms with Gasteiger partial charge in [0.1, 0.15) is 34.2 Å². The fourth-order valence-electron chi connectivity index (χ4n) is 16.1. The summed E-state index contributed by atoms with van der Waals surface area (Å²) >= 11 is 23.3. The summed E-state index contributed by atoms with van der Waals surface area (Å²) in [6.07, 6.45) is 18.3. The first-order chi connectivity index (χ1) is 67.4. The third kappa shape index (κ3) is 23.5. The number of carbonyl (C=O) groups is 6. The number of nitrogens with one attached hydrogen (secondary N) is 13. The minimum Gasteiger partial charge on any atom is -0.383 e. The summed E-state index contributed by atoms with van der Waals surface area (Å²) in [6.45, 7) is 6.91. The second kappa shape index (κ2) is 41.7. The zero-order valence-electron chi connectivity index (χ0n) is 77.0. The molecule has 0 saturated heterocycles. The Balaban J connectivity index is 0.000000122. The summed E-state index contributed by atoms with van der Waals surface area (Å²) in [7, 11) is 3.76. The number of nitrogens with zero attached hydrogens (tertiary/aromatic N) is 8. The molecule has 141 heavy (non-hydrogen) atoms. The van der Waals surface area contributed by atoms with Crippen LogP contribution >= 0.6 is 46.4 Å². The zero-order valence-corrected chi connectivity index (χ0v) is 80.9. The summed E-state index contributed by atoms with van der Waals surface area (Å²) in [4.78, 5) is 92.6. The van der Waals surface area contributed by atoms with Crippen LogP contribution in [0.25, 0.3) is 65.4 Å². The lowest BCUT2D eigenvalue weighted by atomic mass is 10.0. The molecule has 3 fully saturated rings. The van der Waals surface area contributed by atoms with Gasteiger partial charge in [0, 0.05) is 151 Å². The predicted molar refractivity (Wildman–Crippen MR) is 533 cm³/mol. The molecule has 0 spiro atoms. The number of aromatic amines is 6. The molecule has 3 atom stereocenters. The molecule has 18 aromatic rings. The van der Waals surface area contributed by atoms with Crippen LogP contribution in [0.5, 0.6) is 0 Å². The maximum atomic E-state index is 14.0. The smallest absolute Gasteiger partial charge is 0.268 e. The Morgan fingerprint density at radius 3 is 1.18 bits per heavy atom. The van der Waals surface area contributed by atoms with Crippen LogP contribution in [-0.4, -0.2) is 133 Å². The van der Waals surface area contributed by atoms with Crippen LogP contribution in [0.15, 0.2) is 238 Å². The second-order valence-corrected chi connectivity index (χ2v) is 38.3. The van der Waals surface area contributed by atoms with Crippen molar-refractivity contribution in [1.29, 1.82) is 0 Å². The van der Waals surface area contributed by atoms with Crippen LogP contribution < -0.4 is 36.6 Å². The van der Waals surface area contributed by atoms with Gasteiger partial charge in [-0.2, -0.15) is 20.4 Å². The predicted octanol–water partition coefficient (Wildman–Crippen LogP) is 20.1. The van der Waals surface area contributed by atoms with Crippen molar-refractivity contribution in [3.8, 4) is 0 Å². The van der Waals surface area contributed by atoms with Crippen molar-refractivity contribution in [2.45, 2.75) is 107 Å². The lowest BCUT2D eigenvalue weighted by Gasteiger charge is -2.17. The van der Waals surface area contributed by atoms with Crippen molar-refractivity contribution in [2.75, 3.05) is 24.7 Å². The molecule has 0 aliphatic heterocycles. The van der Waals surface area contributed by atoms with E-state index in [4.69, 9.17) is 51.1 Å². The van der Waals surface area contributed by atoms with Crippen LogP contribution in [-0.2, 0) is 59.1 Å². The highest BCUT2D eigenvalue weighted by atomic mass is 35.5. The number of anilines is 1. The first kappa shape index (κ1) is 99.2. The molecule has 10 heterocycles. The normalized spacial score (nSPS) is 14.1. The van der Waals surface area contributed by atoms with Gasteiger partial charge in [0.25, 0.3) is 41.9 Å². The molecule has 21 rings (SSSR count). The number of rotatable bonds is 24. The van der Waals surface area contributed by atoms with Crippen molar-refractivity contribution in [3.63, 3.8) is 0 Å². The topological polar surface area (TPSA) is 396 Å². The maximum Gasteiger partial charge on any atom is 0.268 e. The maximum absolute atomic E-state index is 14.0. The van der Waals surface area contributed by atoms with E-state index in [9.17, 15) is 59.1 Å². The molecule has 3 saturated carbocycles. The Labute approximate surface area is 823 Å². The van der Waals surface area contributed by atoms with Gasteiger partial charge in [-0.3, -0.25) is 52.2 Å². The highest BCUT2D eigenvalue weighted by Gasteiger charge is 2.48. The molecular formula is C101H96Cl4F5N21O9S. The highest BCUT2D eigenvalue weighted by Crippen LogP contribution is 2.48. The second-order valence-electron chi connectivity index (χ2n) is 34.9. The number of hydrogen-bond donors (Lipinski definition) is 13. The van der Waals surface area contributed by atoms with E-state index in [-0.39, 0.29) is 96.5 Å². The number of aryl methyl sites for hydroxylation is 3. The largest absolute Gasteiger partial charge is 0.383 e. The monoisotopic (exact) mass is 2010 g/mol. The Morgan fingerprint density at radius 1 is 0.404 bits per heavy atom. The van der Waals surface area contributed by atoms with Crippen LogP contribution in [0.3, 0.4) is 0 Å². The summed E-state index contributed by atoms with van der Waals surface area (Å²) in [5.74, 6) is -3.01. The SMILES string of the molecule is CC(NC(=O)c1cc2c(F)c(Cl)ccc2[nH]1)c1cnn(C)c1.CC(NC(=O)c1cc2ccc(C(F)F)cc2[nH]1)c1cnn(C)c1.COCCn1cc(C(C)NC(=O)c2cc3cc(Cl)ccc3[nH]2)cn1.CS(=O)(=O)Nc1ccc2cc(C(=O)NC3(c4ccccc4)CC3)[nH]c2c1.Cn1cc(C2(NC(=O)c3cc4c(F)c(Cl)ccc4[nH]3)CC2)cn1.O=C(NC1(c2ccccc2)CC1)c1cc2c(F)c(Cl)ccc2[nH]1. The molecule has 30 nitrogen and oxygen atoms in total. The van der Waals surface area contributed by atoms with Gasteiger partial charge in [-0.1, -0.05) is 125 Å². The highest BCUT2D eigenvalue weighted by molar-refractivity contribution is 7.92. The number of methoxy groups -OCH3 is 1. The van der Waals surface area contributed by atoms with Crippen molar-refractivity contribution >= 4 is 163 Å². The van der Waals surface area contributed by atoms with Crippen LogP contribution in [0.1, 0.15) is 186 Å². The van der Waals surface area contributed by atoms with Crippen molar-refractivity contribution < 1.29 is 63.9 Å². The number of H-pyrrole nitrogens is 6. The Morgan fingerprint density at radius 2 is 0.773 bits per heavy atom. The number of ether oxygens (including phenoxy) is 1. The molecule has 0 bridgehead atoms. The molecule has 728 valence electrons. The van der Waals surface area contributed by atoms with E-state index in [0.29, 0.717) is 101 Å². The Bertz CT molecular complexity index is 7830. The van der Waals surface area contributed by atoms with E-state index in [1.165, 1.54) is 48.5 Å². The number of aromatic nitrogens is 14. The van der Waals surface area contributed by atoms with E-state index in [1.54, 1.807) is 124 Å². The van der Waals surface area contributed by atoms with Crippen LogP contribution in [0, 0.1) is 17.5 Å². The lowest BCUT2D eigenvalue weighted by Crippen LogP contribution is -2.35. The Hall–Kier alpha value is -14.8. The standard InChI is InChI=1S/C19H19N3O3S.C18H14ClFN2O.C17H19ClN4O2.C16H14ClFN4O.C16H16F2N4O.C15H14ClFN4O/c1-26(24,25)22-15-8-7-13-11-17(20-16(13)12-15)18(23)21-19(9-10-19)14-5-3-2-4-6-14;19-13-6-7-14-12(16(13)20)10-15(21-14)17(23)22-18(8-9-18)11-4-2-1-3-5-11;1-11(13-9-19-22(10-13)5-6-24-2)20-17(23)16-8-12-7-14(18)3-4-15(12)21-16;1-22-8-9(7-19-22)16(4-5-16)21-15(23)13-6-10-12(20-13)3-2-11(17)14(10)18;1-9(12-7-19-22(2)8-12)20-16(23)14-5-10-3-4-11(15(17)18)6-13(10)21-14;1-8(9-6-18-21(2)7-9)19-15(22)13-5-10-12(20-13)4-3-11(16)14(10)17/h2-8,11-12,20,22H,9-10H2,1H3,(H,21,23);1-7,10,21H,8-9H2,(H,22,23);3-4,7-11,21H,5-6H2,1-2H3,(H,20,23);2-3,6-8,20H,4-5H2,1H3,(H,21,23);3-9,15,21H,1-2H3,(H,20,23);3-8,20H,1-2H3,(H,19,22). The molecular weight excluding hydrogens is 1920 g/mol. The van der Waals surface area contributed by atoms with Crippen molar-refractivity contribution in [2.24, 2.45) is 21.1 Å². The number of halogens is 9. The lowest BCUT2D eigenvalue weighted by molar-refractivity contribution is 0.0918. The average Bonchev–Trinajstić information content (AvgIpc) is 1.64. The van der Waals surface area contributed by atoms with Gasteiger partial charge in [-0.25, -0.2) is 30.4 Å². The molecule has 0 radical (unpaired) electrons. The summed E-state index contributed by atoms with van der Waals surface area (Å²) < 4.78 is 104. The third-order valence-electron chi connectivity index (χ3n) is 24.3. The van der Waals surface area contributed by atoms with Crippen molar-refractivity contribution in [3.05, 3.63) is 348 Å². The minimum atomic E-state index is -3.34. The number of hydrogen-bond acceptors (Lipinski definition) is 13. The molecule has 6 amide bonds. The van der Waals surface area contributed by atoms with Gasteiger partial charge >= 0.3 is 0 Å². The molecule has 3 aliphatic rings. The number of carbonyl (C=O) groups excluding carboxylic acids is 6. The van der Waals surface area contributed by atoms with E-state index >= 15 is 0 Å². The fraction of sp³-hybridized carbons (Fsp3) is 0.228. The van der Waals surface area contributed by atoms with Gasteiger partial charge in [0.15, 0.2) is 17.5 Å². The van der Waals surface area contributed by atoms with E-state index in [2.05, 4.69) is 86.9 Å². The summed E-state index contributed by atoms with van der Waals surface area (Å²) in [5.41, 5.74) is 11.3. The van der Waals surface area contributed by atoms with Gasteiger partial charge in [0.05, 0.1) is 99.7 Å². The number of fused-ring (bicyclic) bond motifs is 6. The minimum absolute atomic E-state index is 0.0298. The average molecular weight is 2020 g/mol. The summed E-state index contributed by atoms with van der Waals surface area (Å²) in [5, 5.41) is 38.6. The summed E-state index contributed by atoms with van der Waals surface area (Å²) in [6, 6.07) is 53.2. The fourth-order valence-corrected chi connectivity index (χ4v) is 17.4. The van der Waals surface area contributed by atoms with E-state index in [0.717, 1.165) is 94.5 Å². The van der Waals surface area contributed by atoms with Gasteiger partial charge in [-0.05, 0) is 180 Å². The molecule has 10 aromatic heterocycles. The quantitative estimate of drug-likeness (QED) is 0.0251. The van der Waals surface area contributed by atoms with Gasteiger partial charge in [-0.15, -0.1) is 0 Å². The van der Waals surface area contributed by atoms with Gasteiger partial charge < -0.3 is 66.5 Å². The van der Waals surface area contributed by atoms with Crippen LogP contribution in [0.2, 0.25) is 20.1 Å². The number of sulfonamides is 1. The Kier molecular flexibility index (Phi) is 29.3. The van der Waals surface area contributed by atoms with Gasteiger partial charge in [0.2, 0.25) is 10.0 Å². The molecule has 8 aromatic carbocycles. The number of alkyl halides is 2. The molecule has 3 unspecified atom stereocenters. The third-order valence-corrected chi connectivity index (χ3v) is 26.1. The number of benzene rings is 8. The molecule has 40 heteroatoms. The van der Waals surface area contributed by atoms with Crippen LogP contribution in [0.4, 0.5) is 27.6 Å².